The molecule has 3 rings (SSSR count). The molecule has 0 fully saturated rings. The highest BCUT2D eigenvalue weighted by atomic mass is 32.2. The predicted molar refractivity (Wildman–Crippen MR) is 94.3 cm³/mol. The first-order chi connectivity index (χ1) is 12.0. The average molecular weight is 353 g/mol. The highest BCUT2D eigenvalue weighted by Crippen LogP contribution is 2.27. The molecule has 1 N–H and O–H groups in total. The zero-order valence-corrected chi connectivity index (χ0v) is 14.8. The quantitative estimate of drug-likeness (QED) is 0.718. The minimum Gasteiger partial charge on any atom is -0.306 e. The van der Waals surface area contributed by atoms with E-state index >= 15 is 0 Å². The summed E-state index contributed by atoms with van der Waals surface area (Å²) >= 11 is 1.21. The van der Waals surface area contributed by atoms with Gasteiger partial charge in [0.2, 0.25) is 5.91 Å². The third kappa shape index (κ3) is 3.61. The highest BCUT2D eigenvalue weighted by Gasteiger charge is 2.14. The van der Waals surface area contributed by atoms with Crippen LogP contribution in [0, 0.1) is 32.1 Å². The van der Waals surface area contributed by atoms with E-state index in [0.29, 0.717) is 22.1 Å². The molecule has 2 aromatic heterocycles. The maximum absolute atomic E-state index is 12.1. The number of hydrogen-bond acceptors (Lipinski definition) is 7. The number of rotatable bonds is 4. The summed E-state index contributed by atoms with van der Waals surface area (Å²) < 4.78 is 4.54. The molecule has 126 valence electrons. The zero-order valence-electron chi connectivity index (χ0n) is 14.0. The Morgan fingerprint density at radius 3 is 2.76 bits per heavy atom. The molecule has 8 heteroatoms. The molecule has 0 unspecified atom stereocenters. The molecule has 2 heterocycles. The second-order valence-electron chi connectivity index (χ2n) is 5.64. The van der Waals surface area contributed by atoms with Gasteiger partial charge < -0.3 is 5.32 Å². The van der Waals surface area contributed by atoms with Gasteiger partial charge in [-0.15, -0.1) is 0 Å². The first-order valence-electron chi connectivity index (χ1n) is 7.52. The fraction of sp³-hybridized carbons (Fsp3) is 0.235. The number of carbonyl (C=O) groups excluding carboxylic acids is 1. The van der Waals surface area contributed by atoms with Crippen molar-refractivity contribution in [2.45, 2.75) is 25.8 Å². The van der Waals surface area contributed by atoms with Crippen molar-refractivity contribution < 1.29 is 9.42 Å². The third-order valence-corrected chi connectivity index (χ3v) is 4.61. The Morgan fingerprint density at radius 1 is 1.28 bits per heavy atom. The molecule has 0 saturated carbocycles. The monoisotopic (exact) mass is 353 g/mol. The Labute approximate surface area is 148 Å². The number of thioether (sulfide) groups is 1. The molecule has 0 atom stereocenters. The molecule has 7 nitrogen and oxygen atoms in total. The second-order valence-corrected chi connectivity index (χ2v) is 6.60. The predicted octanol–water partition coefficient (Wildman–Crippen LogP) is 3.15. The van der Waals surface area contributed by atoms with Crippen molar-refractivity contribution in [2.24, 2.45) is 0 Å². The minimum absolute atomic E-state index is 0.101. The van der Waals surface area contributed by atoms with Crippen LogP contribution in [-0.2, 0) is 4.79 Å². The average Bonchev–Trinajstić information content (AvgIpc) is 2.97. The van der Waals surface area contributed by atoms with Crippen LogP contribution in [-0.4, -0.2) is 27.0 Å². The molecule has 1 amide bonds. The lowest BCUT2D eigenvalue weighted by Crippen LogP contribution is -2.15. The molecule has 0 aliphatic carbocycles. The molecule has 1 aromatic carbocycles. The summed E-state index contributed by atoms with van der Waals surface area (Å²) in [5.41, 5.74) is 3.95. The largest absolute Gasteiger partial charge is 0.306 e. The van der Waals surface area contributed by atoms with E-state index in [9.17, 15) is 10.1 Å². The van der Waals surface area contributed by atoms with Crippen molar-refractivity contribution >= 4 is 34.4 Å². The molecule has 0 saturated heterocycles. The number of pyridine rings is 1. The lowest BCUT2D eigenvalue weighted by molar-refractivity contribution is -0.113. The first kappa shape index (κ1) is 16.9. The maximum Gasteiger partial charge on any atom is 0.236 e. The number of amides is 1. The molecular weight excluding hydrogens is 338 g/mol. The molecule has 3 aromatic rings. The Morgan fingerprint density at radius 2 is 2.08 bits per heavy atom. The number of nitriles is 1. The topological polar surface area (TPSA) is 105 Å². The summed E-state index contributed by atoms with van der Waals surface area (Å²) in [5, 5.41) is 20.7. The van der Waals surface area contributed by atoms with Crippen molar-refractivity contribution in [1.29, 1.82) is 5.26 Å². The Balaban J connectivity index is 1.82. The first-order valence-corrected chi connectivity index (χ1v) is 8.50. The van der Waals surface area contributed by atoms with E-state index in [0.717, 1.165) is 22.0 Å². The van der Waals surface area contributed by atoms with Crippen LogP contribution in [0.3, 0.4) is 0 Å². The molecule has 0 bridgehead atoms. The van der Waals surface area contributed by atoms with Gasteiger partial charge in [0, 0.05) is 5.39 Å². The summed E-state index contributed by atoms with van der Waals surface area (Å²) in [7, 11) is 0. The van der Waals surface area contributed by atoms with Gasteiger partial charge in [-0.25, -0.2) is 9.61 Å². The van der Waals surface area contributed by atoms with Crippen LogP contribution in [0.2, 0.25) is 0 Å². The third-order valence-electron chi connectivity index (χ3n) is 3.62. The van der Waals surface area contributed by atoms with Crippen molar-refractivity contribution in [2.75, 3.05) is 11.1 Å². The fourth-order valence-electron chi connectivity index (χ4n) is 2.45. The number of aromatic nitrogens is 3. The van der Waals surface area contributed by atoms with Gasteiger partial charge in [0.25, 0.3) is 0 Å². The molecular formula is C17H15N5O2S. The van der Waals surface area contributed by atoms with Gasteiger partial charge in [-0.3, -0.25) is 4.79 Å². The van der Waals surface area contributed by atoms with Crippen molar-refractivity contribution in [3.05, 3.63) is 40.6 Å². The van der Waals surface area contributed by atoms with E-state index in [4.69, 9.17) is 0 Å². The van der Waals surface area contributed by atoms with Gasteiger partial charge in [-0.05, 0) is 49.2 Å². The smallest absolute Gasteiger partial charge is 0.236 e. The van der Waals surface area contributed by atoms with Crippen LogP contribution in [0.4, 0.5) is 5.82 Å². The highest BCUT2D eigenvalue weighted by molar-refractivity contribution is 8.00. The van der Waals surface area contributed by atoms with E-state index in [1.54, 1.807) is 6.92 Å². The number of nitrogens with one attached hydrogen (secondary N) is 1. The van der Waals surface area contributed by atoms with Gasteiger partial charge in [-0.1, -0.05) is 23.0 Å². The molecule has 0 radical (unpaired) electrons. The van der Waals surface area contributed by atoms with E-state index < -0.39 is 0 Å². The normalized spacial score (nSPS) is 10.6. The van der Waals surface area contributed by atoms with Gasteiger partial charge >= 0.3 is 0 Å². The molecule has 0 spiro atoms. The number of anilines is 1. The Hall–Kier alpha value is -2.92. The zero-order chi connectivity index (χ0) is 18.0. The number of fused-ring (bicyclic) bond motifs is 1. The van der Waals surface area contributed by atoms with Gasteiger partial charge in [0.1, 0.15) is 16.8 Å². The molecule has 0 aliphatic heterocycles. The summed E-state index contributed by atoms with van der Waals surface area (Å²) in [6.07, 6.45) is 0. The minimum atomic E-state index is -0.269. The van der Waals surface area contributed by atoms with Crippen LogP contribution in [0.5, 0.6) is 0 Å². The van der Waals surface area contributed by atoms with Crippen molar-refractivity contribution in [3.63, 3.8) is 0 Å². The number of hydrogen-bond donors (Lipinski definition) is 1. The van der Waals surface area contributed by atoms with E-state index in [-0.39, 0.29) is 11.7 Å². The van der Waals surface area contributed by atoms with E-state index in [1.807, 2.05) is 26.0 Å². The molecule has 25 heavy (non-hydrogen) atoms. The SMILES string of the molecule is Cc1cc(C)c2cc(C#N)c(SCC(=O)Nc3nonc3C)nc2c1. The Kier molecular flexibility index (Phi) is 4.67. The number of benzene rings is 1. The standard InChI is InChI=1S/C17H15N5O2S/c1-9-4-10(2)13-6-12(7-18)17(19-14(13)5-9)25-8-15(23)20-16-11(3)21-24-22-16/h4-6H,8H2,1-3H3,(H,20,22,23). The maximum atomic E-state index is 12.1. The van der Waals surface area contributed by atoms with Crippen molar-refractivity contribution in [1.82, 2.24) is 15.3 Å². The van der Waals surface area contributed by atoms with Crippen LogP contribution in [0.15, 0.2) is 27.9 Å². The number of nitrogens with zero attached hydrogens (tertiary/aromatic N) is 4. The summed E-state index contributed by atoms with van der Waals surface area (Å²) in [6, 6.07) is 8.00. The number of aryl methyl sites for hydroxylation is 3. The van der Waals surface area contributed by atoms with E-state index in [2.05, 4.69) is 37.4 Å². The van der Waals surface area contributed by atoms with Crippen LogP contribution in [0.25, 0.3) is 10.9 Å². The van der Waals surface area contributed by atoms with Gasteiger partial charge in [0.05, 0.1) is 16.8 Å². The van der Waals surface area contributed by atoms with Crippen LogP contribution >= 0.6 is 11.8 Å². The van der Waals surface area contributed by atoms with Gasteiger partial charge in [0.15, 0.2) is 5.82 Å². The lowest BCUT2D eigenvalue weighted by Gasteiger charge is -2.08. The van der Waals surface area contributed by atoms with E-state index in [1.165, 1.54) is 11.8 Å². The number of carbonyl (C=O) groups is 1. The summed E-state index contributed by atoms with van der Waals surface area (Å²) in [6.45, 7) is 5.68. The Bertz CT molecular complexity index is 1010. The second kappa shape index (κ2) is 6.91. The lowest BCUT2D eigenvalue weighted by atomic mass is 10.1. The fourth-order valence-corrected chi connectivity index (χ4v) is 3.21. The molecule has 0 aliphatic rings. The van der Waals surface area contributed by atoms with Crippen LogP contribution < -0.4 is 5.32 Å². The van der Waals surface area contributed by atoms with Gasteiger partial charge in [-0.2, -0.15) is 5.26 Å². The van der Waals surface area contributed by atoms with Crippen molar-refractivity contribution in [3.8, 4) is 6.07 Å². The summed E-state index contributed by atoms with van der Waals surface area (Å²) in [4.78, 5) is 16.6. The summed E-state index contributed by atoms with van der Waals surface area (Å²) in [5.74, 6) is 0.128. The van der Waals surface area contributed by atoms with Crippen LogP contribution in [0.1, 0.15) is 22.4 Å².